The molecule has 7 nitrogen and oxygen atoms in total. The molecule has 1 aromatic carbocycles. The Bertz CT molecular complexity index is 469. The van der Waals surface area contributed by atoms with Crippen molar-refractivity contribution < 1.29 is 19.2 Å². The van der Waals surface area contributed by atoms with Gasteiger partial charge in [-0.1, -0.05) is 0 Å². The van der Waals surface area contributed by atoms with E-state index in [1.807, 2.05) is 0 Å². The molecule has 0 heterocycles. The van der Waals surface area contributed by atoms with Crippen LogP contribution in [0, 0.1) is 10.1 Å². The molecule has 0 saturated carbocycles. The minimum Gasteiger partial charge on any atom is -0.425 e. The molecular formula is C11H12N2O5. The van der Waals surface area contributed by atoms with E-state index in [1.54, 1.807) is 0 Å². The summed E-state index contributed by atoms with van der Waals surface area (Å²) in [6, 6.07) is 3.96. The first-order valence-corrected chi connectivity index (χ1v) is 5.11. The van der Waals surface area contributed by atoms with Gasteiger partial charge in [-0.25, -0.2) is 4.79 Å². The molecular weight excluding hydrogens is 240 g/mol. The molecule has 18 heavy (non-hydrogen) atoms. The molecule has 0 spiro atoms. The quantitative estimate of drug-likeness (QED) is 0.359. The molecule has 1 unspecified atom stereocenters. The van der Waals surface area contributed by atoms with Gasteiger partial charge >= 0.3 is 5.97 Å². The molecule has 0 aliphatic rings. The maximum Gasteiger partial charge on any atom is 0.328 e. The first-order valence-electron chi connectivity index (χ1n) is 5.11. The number of Topliss-reactive ketones (excluding diaryl/α,β-unsaturated/α-hetero) is 1. The first kappa shape index (κ1) is 13.8. The van der Waals surface area contributed by atoms with Crippen molar-refractivity contribution in [2.24, 2.45) is 5.73 Å². The fourth-order valence-electron chi connectivity index (χ4n) is 1.22. The summed E-state index contributed by atoms with van der Waals surface area (Å²) in [6.45, 7) is 1.32. The zero-order valence-corrected chi connectivity index (χ0v) is 9.66. The minimum atomic E-state index is -1.03. The topological polar surface area (TPSA) is 113 Å². The van der Waals surface area contributed by atoms with E-state index in [9.17, 15) is 19.7 Å². The van der Waals surface area contributed by atoms with Crippen LogP contribution in [0.1, 0.15) is 13.3 Å². The van der Waals surface area contributed by atoms with Crippen molar-refractivity contribution in [1.82, 2.24) is 0 Å². The lowest BCUT2D eigenvalue weighted by molar-refractivity contribution is -0.384. The third kappa shape index (κ3) is 3.95. The molecule has 1 rings (SSSR count). The Balaban J connectivity index is 2.64. The standard InChI is InChI=1S/C11H12N2O5/c1-7(14)6-10(12)11(15)18-9-4-2-8(3-5-9)13(16)17/h2-5,10H,6,12H2,1H3. The summed E-state index contributed by atoms with van der Waals surface area (Å²) >= 11 is 0. The largest absolute Gasteiger partial charge is 0.425 e. The number of esters is 1. The maximum absolute atomic E-state index is 11.4. The number of hydrogen-bond acceptors (Lipinski definition) is 6. The molecule has 0 radical (unpaired) electrons. The molecule has 0 aliphatic carbocycles. The van der Waals surface area contributed by atoms with Gasteiger partial charge in [-0.05, 0) is 19.1 Å². The number of ether oxygens (including phenoxy) is 1. The molecule has 0 aliphatic heterocycles. The summed E-state index contributed by atoms with van der Waals surface area (Å²) in [5.74, 6) is -0.827. The number of nitro groups is 1. The SMILES string of the molecule is CC(=O)CC(N)C(=O)Oc1ccc([N+](=O)[O-])cc1. The van der Waals surface area contributed by atoms with Gasteiger partial charge in [0, 0.05) is 18.6 Å². The molecule has 2 N–H and O–H groups in total. The second-order valence-electron chi connectivity index (χ2n) is 3.68. The van der Waals surface area contributed by atoms with Crippen LogP contribution in [0.25, 0.3) is 0 Å². The van der Waals surface area contributed by atoms with Gasteiger partial charge in [-0.2, -0.15) is 0 Å². The lowest BCUT2D eigenvalue weighted by Gasteiger charge is -2.09. The van der Waals surface area contributed by atoms with Crippen molar-refractivity contribution in [1.29, 1.82) is 0 Å². The van der Waals surface area contributed by atoms with Gasteiger partial charge < -0.3 is 10.5 Å². The number of nitrogens with zero attached hydrogens (tertiary/aromatic N) is 1. The number of benzene rings is 1. The van der Waals surface area contributed by atoms with Gasteiger partial charge in [0.2, 0.25) is 0 Å². The molecule has 1 atom stereocenters. The van der Waals surface area contributed by atoms with E-state index in [2.05, 4.69) is 0 Å². The first-order chi connectivity index (χ1) is 8.40. The normalized spacial score (nSPS) is 11.7. The highest BCUT2D eigenvalue weighted by Gasteiger charge is 2.18. The number of non-ortho nitro benzene ring substituents is 1. The van der Waals surface area contributed by atoms with Gasteiger partial charge in [0.15, 0.2) is 0 Å². The van der Waals surface area contributed by atoms with Crippen molar-refractivity contribution in [2.45, 2.75) is 19.4 Å². The Hall–Kier alpha value is -2.28. The van der Waals surface area contributed by atoms with E-state index in [4.69, 9.17) is 10.5 Å². The number of rotatable bonds is 5. The minimum absolute atomic E-state index is 0.105. The molecule has 0 fully saturated rings. The number of ketones is 1. The molecule has 0 aromatic heterocycles. The number of carbonyl (C=O) groups is 2. The number of carbonyl (C=O) groups excluding carboxylic acids is 2. The second-order valence-corrected chi connectivity index (χ2v) is 3.68. The van der Waals surface area contributed by atoms with Crippen LogP contribution in [0.15, 0.2) is 24.3 Å². The van der Waals surface area contributed by atoms with Crippen molar-refractivity contribution in [3.05, 3.63) is 34.4 Å². The Morgan fingerprint density at radius 3 is 2.39 bits per heavy atom. The smallest absolute Gasteiger partial charge is 0.328 e. The van der Waals surface area contributed by atoms with Crippen LogP contribution >= 0.6 is 0 Å². The molecule has 96 valence electrons. The van der Waals surface area contributed by atoms with Gasteiger partial charge in [0.25, 0.3) is 5.69 Å². The van der Waals surface area contributed by atoms with E-state index in [0.29, 0.717) is 0 Å². The summed E-state index contributed by atoms with van der Waals surface area (Å²) in [6.07, 6.45) is -0.105. The van der Waals surface area contributed by atoms with Crippen LogP contribution in [0.3, 0.4) is 0 Å². The summed E-state index contributed by atoms with van der Waals surface area (Å²) in [5.41, 5.74) is 5.33. The highest BCUT2D eigenvalue weighted by atomic mass is 16.6. The highest BCUT2D eigenvalue weighted by molar-refractivity contribution is 5.85. The third-order valence-corrected chi connectivity index (χ3v) is 2.08. The number of nitrogens with two attached hydrogens (primary N) is 1. The van der Waals surface area contributed by atoms with Crippen LogP contribution in [-0.4, -0.2) is 22.7 Å². The van der Waals surface area contributed by atoms with Gasteiger partial charge in [-0.3, -0.25) is 14.9 Å². The molecule has 0 bridgehead atoms. The fraction of sp³-hybridized carbons (Fsp3) is 0.273. The molecule has 1 aromatic rings. The van der Waals surface area contributed by atoms with E-state index in [-0.39, 0.29) is 23.6 Å². The van der Waals surface area contributed by atoms with E-state index < -0.39 is 16.9 Å². The Morgan fingerprint density at radius 2 is 1.94 bits per heavy atom. The van der Waals surface area contributed by atoms with Gasteiger partial charge in [-0.15, -0.1) is 0 Å². The van der Waals surface area contributed by atoms with Crippen molar-refractivity contribution in [2.75, 3.05) is 0 Å². The van der Waals surface area contributed by atoms with Gasteiger partial charge in [0.1, 0.15) is 17.6 Å². The Kier molecular flexibility index (Phi) is 4.50. The van der Waals surface area contributed by atoms with Crippen LogP contribution in [0.4, 0.5) is 5.69 Å². The average molecular weight is 252 g/mol. The van der Waals surface area contributed by atoms with Crippen LogP contribution in [0.2, 0.25) is 0 Å². The van der Waals surface area contributed by atoms with Crippen molar-refractivity contribution in [3.63, 3.8) is 0 Å². The van der Waals surface area contributed by atoms with Crippen molar-refractivity contribution >= 4 is 17.4 Å². The fourth-order valence-corrected chi connectivity index (χ4v) is 1.22. The average Bonchev–Trinajstić information content (AvgIpc) is 2.28. The second kappa shape index (κ2) is 5.87. The number of hydrogen-bond donors (Lipinski definition) is 1. The predicted octanol–water partition coefficient (Wildman–Crippen LogP) is 0.807. The predicted molar refractivity (Wildman–Crippen MR) is 62.0 cm³/mol. The zero-order valence-electron chi connectivity index (χ0n) is 9.66. The lowest BCUT2D eigenvalue weighted by Crippen LogP contribution is -2.35. The third-order valence-electron chi connectivity index (χ3n) is 2.08. The summed E-state index contributed by atoms with van der Waals surface area (Å²) in [5, 5.41) is 10.4. The maximum atomic E-state index is 11.4. The number of nitro benzene ring substituents is 1. The van der Waals surface area contributed by atoms with Crippen LogP contribution in [0.5, 0.6) is 5.75 Å². The van der Waals surface area contributed by atoms with E-state index >= 15 is 0 Å². The Morgan fingerprint density at radius 1 is 1.39 bits per heavy atom. The van der Waals surface area contributed by atoms with Crippen LogP contribution in [-0.2, 0) is 9.59 Å². The molecule has 7 heteroatoms. The molecule has 0 amide bonds. The summed E-state index contributed by atoms with van der Waals surface area (Å²) in [7, 11) is 0. The van der Waals surface area contributed by atoms with Crippen LogP contribution < -0.4 is 10.5 Å². The van der Waals surface area contributed by atoms with E-state index in [0.717, 1.165) is 0 Å². The van der Waals surface area contributed by atoms with Crippen molar-refractivity contribution in [3.8, 4) is 5.75 Å². The summed E-state index contributed by atoms with van der Waals surface area (Å²) < 4.78 is 4.87. The summed E-state index contributed by atoms with van der Waals surface area (Å²) in [4.78, 5) is 32.0. The van der Waals surface area contributed by atoms with E-state index in [1.165, 1.54) is 31.2 Å². The highest BCUT2D eigenvalue weighted by Crippen LogP contribution is 2.17. The zero-order chi connectivity index (χ0) is 13.7. The monoisotopic (exact) mass is 252 g/mol. The lowest BCUT2D eigenvalue weighted by atomic mass is 10.2. The Labute approximate surface area is 103 Å². The van der Waals surface area contributed by atoms with Gasteiger partial charge in [0.05, 0.1) is 4.92 Å². The molecule has 0 saturated heterocycles.